The standard InChI is InChI=1S/C28H23NPS.BrH/c1-4-11-24(12-5-1)30(25-13-6-2-7-14-25,26-15-8-3-9-16-26)22-23-18-19-27(29-21-23)28-17-10-20-31-28;/h1-21H,22H2;1H/q+1;/p-1. The topological polar surface area (TPSA) is 12.9 Å². The van der Waals surface area contributed by atoms with Gasteiger partial charge in [0, 0.05) is 11.8 Å². The van der Waals surface area contributed by atoms with Crippen LogP contribution in [0.1, 0.15) is 5.56 Å². The molecule has 32 heavy (non-hydrogen) atoms. The number of aromatic nitrogens is 1. The van der Waals surface area contributed by atoms with E-state index in [0.717, 1.165) is 11.9 Å². The summed E-state index contributed by atoms with van der Waals surface area (Å²) >= 11 is 1.73. The molecule has 0 fully saturated rings. The molecular formula is C28H23BrNPS. The molecule has 5 rings (SSSR count). The van der Waals surface area contributed by atoms with Crippen molar-refractivity contribution in [3.8, 4) is 10.6 Å². The van der Waals surface area contributed by atoms with Gasteiger partial charge < -0.3 is 17.0 Å². The van der Waals surface area contributed by atoms with E-state index < -0.39 is 7.26 Å². The maximum Gasteiger partial charge on any atom is 0.116 e. The fraction of sp³-hybridized carbons (Fsp3) is 0.0357. The molecule has 0 N–H and O–H groups in total. The third-order valence-electron chi connectivity index (χ3n) is 5.61. The van der Waals surface area contributed by atoms with Gasteiger partial charge in [-0.25, -0.2) is 0 Å². The van der Waals surface area contributed by atoms with Crippen LogP contribution in [-0.2, 0) is 6.16 Å². The highest BCUT2D eigenvalue weighted by atomic mass is 79.9. The molecule has 4 heteroatoms. The minimum absolute atomic E-state index is 0. The number of hydrogen-bond donors (Lipinski definition) is 0. The van der Waals surface area contributed by atoms with Crippen molar-refractivity contribution in [2.45, 2.75) is 6.16 Å². The van der Waals surface area contributed by atoms with E-state index in [-0.39, 0.29) is 17.0 Å². The summed E-state index contributed by atoms with van der Waals surface area (Å²) in [6, 6.07) is 41.7. The van der Waals surface area contributed by atoms with E-state index in [0.29, 0.717) is 0 Å². The molecule has 3 aromatic carbocycles. The lowest BCUT2D eigenvalue weighted by atomic mass is 10.2. The Hall–Kier alpha value is -2.58. The van der Waals surface area contributed by atoms with Crippen LogP contribution in [0.5, 0.6) is 0 Å². The third kappa shape index (κ3) is 4.47. The van der Waals surface area contributed by atoms with Gasteiger partial charge in [0.25, 0.3) is 0 Å². The zero-order chi connectivity index (χ0) is 20.9. The van der Waals surface area contributed by atoms with Crippen molar-refractivity contribution in [3.63, 3.8) is 0 Å². The molecule has 0 amide bonds. The van der Waals surface area contributed by atoms with E-state index in [9.17, 15) is 0 Å². The van der Waals surface area contributed by atoms with Gasteiger partial charge in [0.15, 0.2) is 0 Å². The van der Waals surface area contributed by atoms with E-state index >= 15 is 0 Å². The van der Waals surface area contributed by atoms with Gasteiger partial charge in [-0.15, -0.1) is 11.3 Å². The molecule has 0 radical (unpaired) electrons. The minimum atomic E-state index is -1.89. The average molecular weight is 516 g/mol. The summed E-state index contributed by atoms with van der Waals surface area (Å²) in [7, 11) is -1.89. The van der Waals surface area contributed by atoms with Crippen LogP contribution >= 0.6 is 18.6 Å². The largest absolute Gasteiger partial charge is 1.00 e. The molecule has 0 bridgehead atoms. The van der Waals surface area contributed by atoms with Gasteiger partial charge in [-0.05, 0) is 53.9 Å². The Balaban J connectivity index is 0.00000245. The van der Waals surface area contributed by atoms with E-state index in [1.165, 1.54) is 26.4 Å². The lowest BCUT2D eigenvalue weighted by molar-refractivity contribution is -0.00000595. The molecule has 0 saturated carbocycles. The molecule has 1 nitrogen and oxygen atoms in total. The van der Waals surface area contributed by atoms with Gasteiger partial charge >= 0.3 is 0 Å². The van der Waals surface area contributed by atoms with Gasteiger partial charge in [0.1, 0.15) is 23.2 Å². The van der Waals surface area contributed by atoms with Crippen molar-refractivity contribution in [2.75, 3.05) is 0 Å². The summed E-state index contributed by atoms with van der Waals surface area (Å²) in [5.41, 5.74) is 2.31. The van der Waals surface area contributed by atoms with Crippen LogP contribution < -0.4 is 32.9 Å². The summed E-state index contributed by atoms with van der Waals surface area (Å²) in [5.74, 6) is 0. The molecule has 2 heterocycles. The quantitative estimate of drug-likeness (QED) is 0.316. The first-order valence-corrected chi connectivity index (χ1v) is 13.3. The molecule has 0 aliphatic heterocycles. The van der Waals surface area contributed by atoms with Crippen LogP contribution in [0, 0.1) is 0 Å². The third-order valence-corrected chi connectivity index (χ3v) is 10.9. The molecule has 0 aliphatic rings. The average Bonchev–Trinajstić information content (AvgIpc) is 3.40. The minimum Gasteiger partial charge on any atom is -1.00 e. The number of halogens is 1. The Morgan fingerprint density at radius 3 is 1.53 bits per heavy atom. The smallest absolute Gasteiger partial charge is 0.116 e. The number of rotatable bonds is 6. The normalized spacial score (nSPS) is 11.0. The fourth-order valence-electron chi connectivity index (χ4n) is 4.13. The Kier molecular flexibility index (Phi) is 7.32. The van der Waals surface area contributed by atoms with Gasteiger partial charge in [0.2, 0.25) is 0 Å². The summed E-state index contributed by atoms with van der Waals surface area (Å²) in [4.78, 5) is 6.02. The highest BCUT2D eigenvalue weighted by Gasteiger charge is 2.45. The summed E-state index contributed by atoms with van der Waals surface area (Å²) < 4.78 is 0. The van der Waals surface area contributed by atoms with Gasteiger partial charge in [-0.1, -0.05) is 66.7 Å². The molecule has 5 aromatic rings. The van der Waals surface area contributed by atoms with Crippen LogP contribution in [-0.4, -0.2) is 4.98 Å². The van der Waals surface area contributed by atoms with Crippen molar-refractivity contribution in [2.24, 2.45) is 0 Å². The van der Waals surface area contributed by atoms with Crippen LogP contribution in [0.25, 0.3) is 10.6 Å². The second-order valence-corrected chi connectivity index (χ2v) is 11.9. The Labute approximate surface area is 204 Å². The van der Waals surface area contributed by atoms with Gasteiger partial charge in [0.05, 0.1) is 16.7 Å². The Morgan fingerprint density at radius 2 is 1.12 bits per heavy atom. The molecule has 0 spiro atoms. The van der Waals surface area contributed by atoms with Crippen LogP contribution in [0.4, 0.5) is 0 Å². The van der Waals surface area contributed by atoms with E-state index in [1.54, 1.807) is 11.3 Å². The molecule has 0 unspecified atom stereocenters. The monoisotopic (exact) mass is 515 g/mol. The van der Waals surface area contributed by atoms with Gasteiger partial charge in [-0.2, -0.15) is 0 Å². The molecule has 0 saturated heterocycles. The first kappa shape index (κ1) is 22.6. The Bertz CT molecular complexity index is 1130. The first-order valence-electron chi connectivity index (χ1n) is 10.4. The highest BCUT2D eigenvalue weighted by molar-refractivity contribution is 7.95. The number of pyridine rings is 1. The lowest BCUT2D eigenvalue weighted by Gasteiger charge is -2.27. The fourth-order valence-corrected chi connectivity index (χ4v) is 9.05. The second kappa shape index (κ2) is 10.4. The van der Waals surface area contributed by atoms with Crippen LogP contribution in [0.15, 0.2) is 127 Å². The summed E-state index contributed by atoms with van der Waals surface area (Å²) in [5, 5.41) is 6.29. The highest BCUT2D eigenvalue weighted by Crippen LogP contribution is 2.58. The lowest BCUT2D eigenvalue weighted by Crippen LogP contribution is -3.00. The Morgan fingerprint density at radius 1 is 0.594 bits per heavy atom. The number of thiophene rings is 1. The summed E-state index contributed by atoms with van der Waals surface area (Å²) in [6.45, 7) is 0. The molecule has 158 valence electrons. The van der Waals surface area contributed by atoms with E-state index in [1.807, 2.05) is 0 Å². The maximum atomic E-state index is 4.81. The van der Waals surface area contributed by atoms with E-state index in [2.05, 4.69) is 127 Å². The van der Waals surface area contributed by atoms with Crippen molar-refractivity contribution < 1.29 is 17.0 Å². The van der Waals surface area contributed by atoms with Gasteiger partial charge in [-0.3, -0.25) is 4.98 Å². The maximum absolute atomic E-state index is 4.81. The zero-order valence-electron chi connectivity index (χ0n) is 17.5. The van der Waals surface area contributed by atoms with Crippen LogP contribution in [0.3, 0.4) is 0 Å². The molecule has 2 aromatic heterocycles. The SMILES string of the molecule is [Br-].c1ccc([P+](Cc2ccc(-c3cccs3)nc2)(c2ccccc2)c2ccccc2)cc1. The number of nitrogens with zero attached hydrogens (tertiary/aromatic N) is 1. The second-order valence-electron chi connectivity index (χ2n) is 7.50. The number of benzene rings is 3. The van der Waals surface area contributed by atoms with Crippen molar-refractivity contribution in [1.29, 1.82) is 0 Å². The first-order chi connectivity index (χ1) is 15.4. The zero-order valence-corrected chi connectivity index (χ0v) is 20.8. The molecular weight excluding hydrogens is 493 g/mol. The van der Waals surface area contributed by atoms with Crippen molar-refractivity contribution >= 4 is 34.5 Å². The number of hydrogen-bond acceptors (Lipinski definition) is 2. The predicted molar refractivity (Wildman–Crippen MR) is 136 cm³/mol. The van der Waals surface area contributed by atoms with Crippen molar-refractivity contribution in [3.05, 3.63) is 132 Å². The van der Waals surface area contributed by atoms with Crippen LogP contribution in [0.2, 0.25) is 0 Å². The van der Waals surface area contributed by atoms with E-state index in [4.69, 9.17) is 4.98 Å². The molecule has 0 aliphatic carbocycles. The van der Waals surface area contributed by atoms with Crippen molar-refractivity contribution in [1.82, 2.24) is 4.98 Å². The summed E-state index contributed by atoms with van der Waals surface area (Å²) in [6.07, 6.45) is 3.02. The molecule has 0 atom stereocenters. The predicted octanol–water partition coefficient (Wildman–Crippen LogP) is 3.31.